The third kappa shape index (κ3) is 3.98. The predicted octanol–water partition coefficient (Wildman–Crippen LogP) is 2.72. The van der Waals surface area contributed by atoms with Crippen LogP contribution < -0.4 is 0 Å². The number of carbonyl (C=O) groups is 1. The molecule has 0 unspecified atom stereocenters. The Hall–Kier alpha value is -0.570. The Morgan fingerprint density at radius 1 is 1.22 bits per heavy atom. The maximum absolute atomic E-state index is 12.1. The third-order valence-electron chi connectivity index (χ3n) is 4.68. The minimum Gasteiger partial charge on any atom is -0.390 e. The van der Waals surface area contributed by atoms with E-state index in [-0.39, 0.29) is 0 Å². The molecule has 18 heavy (non-hydrogen) atoms. The first kappa shape index (κ1) is 13.9. The van der Waals surface area contributed by atoms with Crippen molar-refractivity contribution in [1.82, 2.24) is 4.90 Å². The molecule has 1 saturated carbocycles. The van der Waals surface area contributed by atoms with Crippen molar-refractivity contribution < 1.29 is 9.90 Å². The summed E-state index contributed by atoms with van der Waals surface area (Å²) in [5.74, 6) is 1.09. The van der Waals surface area contributed by atoms with E-state index < -0.39 is 5.60 Å². The van der Waals surface area contributed by atoms with E-state index in [9.17, 15) is 9.90 Å². The summed E-state index contributed by atoms with van der Waals surface area (Å²) in [4.78, 5) is 14.0. The SMILES string of the molecule is CC1(O)CCN(C(=O)CCC2CCCCC2)CC1. The summed E-state index contributed by atoms with van der Waals surface area (Å²) in [6, 6.07) is 0. The topological polar surface area (TPSA) is 40.5 Å². The van der Waals surface area contributed by atoms with E-state index in [1.807, 2.05) is 11.8 Å². The molecule has 3 nitrogen and oxygen atoms in total. The smallest absolute Gasteiger partial charge is 0.222 e. The number of hydrogen-bond acceptors (Lipinski definition) is 2. The molecule has 0 radical (unpaired) electrons. The molecular formula is C15H27NO2. The number of aliphatic hydroxyl groups is 1. The zero-order chi connectivity index (χ0) is 13.0. The highest BCUT2D eigenvalue weighted by Gasteiger charge is 2.29. The van der Waals surface area contributed by atoms with E-state index in [0.717, 1.165) is 38.3 Å². The van der Waals surface area contributed by atoms with Crippen molar-refractivity contribution in [1.29, 1.82) is 0 Å². The zero-order valence-corrected chi connectivity index (χ0v) is 11.7. The summed E-state index contributed by atoms with van der Waals surface area (Å²) in [7, 11) is 0. The van der Waals surface area contributed by atoms with Crippen molar-refractivity contribution in [2.75, 3.05) is 13.1 Å². The van der Waals surface area contributed by atoms with Crippen LogP contribution in [0.4, 0.5) is 0 Å². The molecule has 1 saturated heterocycles. The molecule has 0 bridgehead atoms. The van der Waals surface area contributed by atoms with E-state index >= 15 is 0 Å². The molecule has 0 atom stereocenters. The number of hydrogen-bond donors (Lipinski definition) is 1. The average molecular weight is 253 g/mol. The molecule has 0 aromatic rings. The molecule has 1 N–H and O–H groups in total. The molecule has 1 amide bonds. The molecule has 2 aliphatic rings. The molecule has 0 aromatic carbocycles. The van der Waals surface area contributed by atoms with Crippen molar-refractivity contribution in [3.8, 4) is 0 Å². The van der Waals surface area contributed by atoms with Crippen LogP contribution in [0.3, 0.4) is 0 Å². The lowest BCUT2D eigenvalue weighted by atomic mass is 9.86. The van der Waals surface area contributed by atoms with Gasteiger partial charge in [-0.1, -0.05) is 32.1 Å². The standard InChI is InChI=1S/C15H27NO2/c1-15(18)9-11-16(12-10-15)14(17)8-7-13-5-3-2-4-6-13/h13,18H,2-12H2,1H3. The molecule has 0 aromatic heterocycles. The maximum Gasteiger partial charge on any atom is 0.222 e. The highest BCUT2D eigenvalue weighted by molar-refractivity contribution is 5.76. The Morgan fingerprint density at radius 3 is 2.44 bits per heavy atom. The average Bonchev–Trinajstić information content (AvgIpc) is 2.37. The Kier molecular flexibility index (Phi) is 4.66. The Balaban J connectivity index is 1.68. The van der Waals surface area contributed by atoms with E-state index in [1.165, 1.54) is 32.1 Å². The number of carbonyl (C=O) groups excluding carboxylic acids is 1. The van der Waals surface area contributed by atoms with Crippen molar-refractivity contribution in [2.45, 2.75) is 70.3 Å². The van der Waals surface area contributed by atoms with Gasteiger partial charge in [0.1, 0.15) is 0 Å². The van der Waals surface area contributed by atoms with Gasteiger partial charge in [0.2, 0.25) is 5.91 Å². The maximum atomic E-state index is 12.1. The van der Waals surface area contributed by atoms with Gasteiger partial charge < -0.3 is 10.0 Å². The monoisotopic (exact) mass is 253 g/mol. The van der Waals surface area contributed by atoms with Crippen LogP contribution in [0, 0.1) is 5.92 Å². The first-order valence-corrected chi connectivity index (χ1v) is 7.57. The van der Waals surface area contributed by atoms with E-state index in [2.05, 4.69) is 0 Å². The van der Waals surface area contributed by atoms with Gasteiger partial charge in [0, 0.05) is 19.5 Å². The fourth-order valence-electron chi connectivity index (χ4n) is 3.20. The van der Waals surface area contributed by atoms with Gasteiger partial charge in [-0.05, 0) is 32.1 Å². The second-order valence-corrected chi connectivity index (χ2v) is 6.42. The van der Waals surface area contributed by atoms with Gasteiger partial charge in [-0.15, -0.1) is 0 Å². The molecule has 104 valence electrons. The number of nitrogens with zero attached hydrogens (tertiary/aromatic N) is 1. The summed E-state index contributed by atoms with van der Waals surface area (Å²) < 4.78 is 0. The number of piperidine rings is 1. The van der Waals surface area contributed by atoms with E-state index in [0.29, 0.717) is 12.3 Å². The fraction of sp³-hybridized carbons (Fsp3) is 0.933. The normalized spacial score (nSPS) is 25.1. The predicted molar refractivity (Wildman–Crippen MR) is 72.2 cm³/mol. The van der Waals surface area contributed by atoms with E-state index in [1.54, 1.807) is 0 Å². The Bertz CT molecular complexity index is 272. The number of rotatable bonds is 3. The van der Waals surface area contributed by atoms with Crippen molar-refractivity contribution in [3.63, 3.8) is 0 Å². The quantitative estimate of drug-likeness (QED) is 0.840. The van der Waals surface area contributed by atoms with Gasteiger partial charge in [-0.25, -0.2) is 0 Å². The highest BCUT2D eigenvalue weighted by Crippen LogP contribution is 2.28. The van der Waals surface area contributed by atoms with Crippen LogP contribution in [0.25, 0.3) is 0 Å². The van der Waals surface area contributed by atoms with Gasteiger partial charge >= 0.3 is 0 Å². The second kappa shape index (κ2) is 6.05. The lowest BCUT2D eigenvalue weighted by Crippen LogP contribution is -2.45. The zero-order valence-electron chi connectivity index (χ0n) is 11.7. The van der Waals surface area contributed by atoms with Crippen molar-refractivity contribution in [2.24, 2.45) is 5.92 Å². The number of likely N-dealkylation sites (tertiary alicyclic amines) is 1. The van der Waals surface area contributed by atoms with Gasteiger partial charge in [0.15, 0.2) is 0 Å². The van der Waals surface area contributed by atoms with Crippen molar-refractivity contribution in [3.05, 3.63) is 0 Å². The molecule has 2 rings (SSSR count). The number of amides is 1. The summed E-state index contributed by atoms with van der Waals surface area (Å²) in [5, 5.41) is 9.87. The summed E-state index contributed by atoms with van der Waals surface area (Å²) in [6.45, 7) is 3.34. The highest BCUT2D eigenvalue weighted by atomic mass is 16.3. The molecule has 1 aliphatic heterocycles. The third-order valence-corrected chi connectivity index (χ3v) is 4.68. The Morgan fingerprint density at radius 2 is 1.83 bits per heavy atom. The van der Waals surface area contributed by atoms with Crippen LogP contribution in [-0.4, -0.2) is 34.6 Å². The molecule has 2 fully saturated rings. The lowest BCUT2D eigenvalue weighted by Gasteiger charge is -2.36. The Labute approximate surface area is 111 Å². The minimum atomic E-state index is -0.555. The molecule has 3 heteroatoms. The lowest BCUT2D eigenvalue weighted by molar-refractivity contribution is -0.135. The summed E-state index contributed by atoms with van der Waals surface area (Å²) in [5.41, 5.74) is -0.555. The fourth-order valence-corrected chi connectivity index (χ4v) is 3.20. The van der Waals surface area contributed by atoms with Crippen LogP contribution in [0.5, 0.6) is 0 Å². The first-order chi connectivity index (χ1) is 8.57. The summed E-state index contributed by atoms with van der Waals surface area (Å²) >= 11 is 0. The van der Waals surface area contributed by atoms with Crippen LogP contribution in [0.2, 0.25) is 0 Å². The largest absolute Gasteiger partial charge is 0.390 e. The van der Waals surface area contributed by atoms with Crippen molar-refractivity contribution >= 4 is 5.91 Å². The molecule has 1 aliphatic carbocycles. The van der Waals surface area contributed by atoms with E-state index in [4.69, 9.17) is 0 Å². The van der Waals surface area contributed by atoms with Crippen LogP contribution in [0.15, 0.2) is 0 Å². The first-order valence-electron chi connectivity index (χ1n) is 7.57. The summed E-state index contributed by atoms with van der Waals surface area (Å²) in [6.07, 6.45) is 9.97. The molecule has 1 heterocycles. The van der Waals surface area contributed by atoms with Gasteiger partial charge in [0.25, 0.3) is 0 Å². The van der Waals surface area contributed by atoms with Gasteiger partial charge in [0.05, 0.1) is 5.60 Å². The minimum absolute atomic E-state index is 0.302. The van der Waals surface area contributed by atoms with Crippen LogP contribution >= 0.6 is 0 Å². The van der Waals surface area contributed by atoms with Crippen LogP contribution in [0.1, 0.15) is 64.7 Å². The molecular weight excluding hydrogens is 226 g/mol. The van der Waals surface area contributed by atoms with Crippen LogP contribution in [-0.2, 0) is 4.79 Å². The molecule has 0 spiro atoms. The van der Waals surface area contributed by atoms with Gasteiger partial charge in [-0.3, -0.25) is 4.79 Å². The van der Waals surface area contributed by atoms with Gasteiger partial charge in [-0.2, -0.15) is 0 Å². The second-order valence-electron chi connectivity index (χ2n) is 6.42.